The zero-order chi connectivity index (χ0) is 21.2. The molecule has 0 aliphatic rings. The first-order valence-electron chi connectivity index (χ1n) is 10.4. The summed E-state index contributed by atoms with van der Waals surface area (Å²) in [6.45, 7) is 7.96. The van der Waals surface area contributed by atoms with Crippen LogP contribution in [0.3, 0.4) is 0 Å². The maximum Gasteiger partial charge on any atom is 0.212 e. The van der Waals surface area contributed by atoms with Gasteiger partial charge in [0.1, 0.15) is 5.78 Å². The van der Waals surface area contributed by atoms with Gasteiger partial charge in [-0.1, -0.05) is 40.2 Å². The molecule has 0 spiro atoms. The van der Waals surface area contributed by atoms with Gasteiger partial charge < -0.3 is 0 Å². The number of pyridine rings is 1. The summed E-state index contributed by atoms with van der Waals surface area (Å²) in [5.74, 6) is -0.588. The van der Waals surface area contributed by atoms with Gasteiger partial charge >= 0.3 is 0 Å². The van der Waals surface area contributed by atoms with Crippen molar-refractivity contribution in [1.82, 2.24) is 9.88 Å². The number of unbranched alkanes of at least 4 members (excludes halogenated alkanes) is 1. The SMILES string of the molecule is CCC(C(=O)CCCCc1cccnc1)N(C)CC(=O)C(=O)CC(C)(C)CC. The van der Waals surface area contributed by atoms with Gasteiger partial charge in [-0.05, 0) is 49.8 Å². The van der Waals surface area contributed by atoms with E-state index in [9.17, 15) is 14.4 Å². The van der Waals surface area contributed by atoms with Crippen LogP contribution < -0.4 is 0 Å². The lowest BCUT2D eigenvalue weighted by Crippen LogP contribution is -2.42. The topological polar surface area (TPSA) is 67.3 Å². The molecule has 28 heavy (non-hydrogen) atoms. The summed E-state index contributed by atoms with van der Waals surface area (Å²) in [7, 11) is 1.76. The number of nitrogens with zero attached hydrogens (tertiary/aromatic N) is 2. The number of carbonyl (C=O) groups excluding carboxylic acids is 3. The highest BCUT2D eigenvalue weighted by molar-refractivity contribution is 6.38. The second-order valence-corrected chi connectivity index (χ2v) is 8.41. The van der Waals surface area contributed by atoms with Crippen LogP contribution in [0.4, 0.5) is 0 Å². The smallest absolute Gasteiger partial charge is 0.212 e. The molecule has 1 heterocycles. The Kier molecular flexibility index (Phi) is 10.2. The molecule has 0 aliphatic heterocycles. The van der Waals surface area contributed by atoms with E-state index in [0.717, 1.165) is 25.7 Å². The van der Waals surface area contributed by atoms with E-state index in [0.29, 0.717) is 12.8 Å². The maximum absolute atomic E-state index is 12.6. The van der Waals surface area contributed by atoms with Crippen LogP contribution in [0.2, 0.25) is 0 Å². The summed E-state index contributed by atoms with van der Waals surface area (Å²) < 4.78 is 0. The van der Waals surface area contributed by atoms with Crippen molar-refractivity contribution in [3.8, 4) is 0 Å². The Balaban J connectivity index is 2.45. The molecular weight excluding hydrogens is 352 g/mol. The summed E-state index contributed by atoms with van der Waals surface area (Å²) >= 11 is 0. The number of aromatic nitrogens is 1. The third-order valence-electron chi connectivity index (χ3n) is 5.45. The zero-order valence-electron chi connectivity index (χ0n) is 18.2. The number of ketones is 3. The van der Waals surface area contributed by atoms with Crippen molar-refractivity contribution in [2.24, 2.45) is 5.41 Å². The van der Waals surface area contributed by atoms with Crippen LogP contribution >= 0.6 is 0 Å². The van der Waals surface area contributed by atoms with Crippen LogP contribution in [-0.4, -0.2) is 46.9 Å². The second-order valence-electron chi connectivity index (χ2n) is 8.41. The van der Waals surface area contributed by atoms with Crippen molar-refractivity contribution in [2.45, 2.75) is 78.7 Å². The Bertz CT molecular complexity index is 641. The Morgan fingerprint density at radius 1 is 1.14 bits per heavy atom. The van der Waals surface area contributed by atoms with E-state index < -0.39 is 5.78 Å². The van der Waals surface area contributed by atoms with Gasteiger partial charge in [0.2, 0.25) is 5.78 Å². The first kappa shape index (κ1) is 24.2. The fourth-order valence-corrected chi connectivity index (χ4v) is 3.21. The molecule has 1 aromatic rings. The molecule has 0 aliphatic carbocycles. The Morgan fingerprint density at radius 2 is 1.86 bits per heavy atom. The average Bonchev–Trinajstić information content (AvgIpc) is 2.66. The lowest BCUT2D eigenvalue weighted by atomic mass is 9.84. The van der Waals surface area contributed by atoms with Gasteiger partial charge in [0, 0.05) is 25.2 Å². The van der Waals surface area contributed by atoms with E-state index in [1.165, 1.54) is 5.56 Å². The molecule has 1 rings (SSSR count). The van der Waals surface area contributed by atoms with Crippen molar-refractivity contribution in [3.05, 3.63) is 30.1 Å². The molecule has 1 unspecified atom stereocenters. The van der Waals surface area contributed by atoms with Crippen LogP contribution in [-0.2, 0) is 20.8 Å². The fourth-order valence-electron chi connectivity index (χ4n) is 3.21. The van der Waals surface area contributed by atoms with Crippen LogP contribution in [0.1, 0.15) is 71.8 Å². The largest absolute Gasteiger partial charge is 0.298 e. The number of likely N-dealkylation sites (N-methyl/N-ethyl adjacent to an activating group) is 1. The standard InChI is InChI=1S/C23H36N2O3/c1-6-19(20(26)13-9-8-11-18-12-10-14-24-16-18)25(5)17-22(28)21(27)15-23(3,4)7-2/h10,12,14,16,19H,6-9,11,13,15,17H2,1-5H3. The van der Waals surface area contributed by atoms with Gasteiger partial charge in [0.25, 0.3) is 0 Å². The quantitative estimate of drug-likeness (QED) is 0.355. The third-order valence-corrected chi connectivity index (χ3v) is 5.45. The monoisotopic (exact) mass is 388 g/mol. The second kappa shape index (κ2) is 11.8. The van der Waals surface area contributed by atoms with Gasteiger partial charge in [-0.3, -0.25) is 24.3 Å². The maximum atomic E-state index is 12.6. The third kappa shape index (κ3) is 8.42. The Hall–Kier alpha value is -1.88. The highest BCUT2D eigenvalue weighted by atomic mass is 16.2. The normalized spacial score (nSPS) is 12.8. The first-order chi connectivity index (χ1) is 13.2. The highest BCUT2D eigenvalue weighted by Gasteiger charge is 2.28. The Labute approximate surface area is 169 Å². The molecule has 0 saturated heterocycles. The van der Waals surface area contributed by atoms with Crippen molar-refractivity contribution < 1.29 is 14.4 Å². The van der Waals surface area contributed by atoms with E-state index in [-0.39, 0.29) is 36.0 Å². The van der Waals surface area contributed by atoms with E-state index in [4.69, 9.17) is 0 Å². The van der Waals surface area contributed by atoms with Crippen LogP contribution in [0.15, 0.2) is 24.5 Å². The Morgan fingerprint density at radius 3 is 2.43 bits per heavy atom. The molecule has 0 N–H and O–H groups in total. The molecule has 5 heteroatoms. The molecule has 1 aromatic heterocycles. The van der Waals surface area contributed by atoms with E-state index in [2.05, 4.69) is 4.98 Å². The highest BCUT2D eigenvalue weighted by Crippen LogP contribution is 2.24. The fraction of sp³-hybridized carbons (Fsp3) is 0.652. The van der Waals surface area contributed by atoms with Crippen molar-refractivity contribution in [2.75, 3.05) is 13.6 Å². The van der Waals surface area contributed by atoms with E-state index in [1.54, 1.807) is 18.1 Å². The van der Waals surface area contributed by atoms with Gasteiger partial charge in [0.05, 0.1) is 12.6 Å². The molecule has 0 amide bonds. The molecule has 0 radical (unpaired) electrons. The van der Waals surface area contributed by atoms with Gasteiger partial charge in [-0.2, -0.15) is 0 Å². The molecule has 1 atom stereocenters. The predicted molar refractivity (Wildman–Crippen MR) is 112 cm³/mol. The molecular formula is C23H36N2O3. The first-order valence-corrected chi connectivity index (χ1v) is 10.4. The molecule has 0 bridgehead atoms. The number of hydrogen-bond acceptors (Lipinski definition) is 5. The van der Waals surface area contributed by atoms with E-state index >= 15 is 0 Å². The number of Topliss-reactive ketones (excluding diaryl/α,β-unsaturated/α-hetero) is 3. The van der Waals surface area contributed by atoms with Crippen molar-refractivity contribution in [3.63, 3.8) is 0 Å². The summed E-state index contributed by atoms with van der Waals surface area (Å²) in [6, 6.07) is 3.65. The summed E-state index contributed by atoms with van der Waals surface area (Å²) in [4.78, 5) is 43.0. The predicted octanol–water partition coefficient (Wildman–Crippen LogP) is 4.04. The number of carbonyl (C=O) groups is 3. The van der Waals surface area contributed by atoms with Crippen LogP contribution in [0.25, 0.3) is 0 Å². The molecule has 5 nitrogen and oxygen atoms in total. The summed E-state index contributed by atoms with van der Waals surface area (Å²) in [5.41, 5.74) is 1.01. The van der Waals surface area contributed by atoms with Gasteiger partial charge in [-0.25, -0.2) is 0 Å². The van der Waals surface area contributed by atoms with Gasteiger partial charge in [-0.15, -0.1) is 0 Å². The average molecular weight is 389 g/mol. The van der Waals surface area contributed by atoms with Gasteiger partial charge in [0.15, 0.2) is 5.78 Å². The zero-order valence-corrected chi connectivity index (χ0v) is 18.2. The summed E-state index contributed by atoms with van der Waals surface area (Å²) in [6.07, 6.45) is 8.50. The minimum Gasteiger partial charge on any atom is -0.298 e. The summed E-state index contributed by atoms with van der Waals surface area (Å²) in [5, 5.41) is 0. The van der Waals surface area contributed by atoms with Crippen molar-refractivity contribution >= 4 is 17.3 Å². The number of hydrogen-bond donors (Lipinski definition) is 0. The molecule has 0 aromatic carbocycles. The lowest BCUT2D eigenvalue weighted by Gasteiger charge is -2.26. The molecule has 0 saturated carbocycles. The van der Waals surface area contributed by atoms with Crippen LogP contribution in [0.5, 0.6) is 0 Å². The number of rotatable bonds is 14. The van der Waals surface area contributed by atoms with Crippen molar-refractivity contribution in [1.29, 1.82) is 0 Å². The molecule has 0 fully saturated rings. The van der Waals surface area contributed by atoms with E-state index in [1.807, 2.05) is 46.0 Å². The molecule has 156 valence electrons. The minimum atomic E-state index is -0.396. The lowest BCUT2D eigenvalue weighted by molar-refractivity contribution is -0.139. The minimum absolute atomic E-state index is 0.0125. The number of aryl methyl sites for hydroxylation is 1. The van der Waals surface area contributed by atoms with Crippen LogP contribution in [0, 0.1) is 5.41 Å².